The molecule has 0 bridgehead atoms. The van der Waals surface area contributed by atoms with Crippen LogP contribution in [-0.2, 0) is 11.8 Å². The lowest BCUT2D eigenvalue weighted by Gasteiger charge is -2.12. The number of carbonyl (C=O) groups is 2. The van der Waals surface area contributed by atoms with E-state index in [2.05, 4.69) is 5.32 Å². The number of nitrogens with one attached hydrogen (secondary N) is 1. The third-order valence-corrected chi connectivity index (χ3v) is 4.37. The van der Waals surface area contributed by atoms with Crippen molar-refractivity contribution in [3.63, 3.8) is 0 Å². The number of methoxy groups -OCH3 is 2. The first-order valence-corrected chi connectivity index (χ1v) is 8.15. The molecule has 0 aliphatic rings. The fraction of sp³-hybridized carbons (Fsp3) is 0.158. The lowest BCUT2D eigenvalue weighted by Crippen LogP contribution is -2.23. The van der Waals surface area contributed by atoms with Gasteiger partial charge in [-0.05, 0) is 6.07 Å². The number of para-hydroxylation sites is 1. The molecule has 134 valence electrons. The smallest absolute Gasteiger partial charge is 0.296 e. The van der Waals surface area contributed by atoms with Crippen LogP contribution in [0.15, 0.2) is 42.6 Å². The van der Waals surface area contributed by atoms with Gasteiger partial charge in [0.25, 0.3) is 11.7 Å². The first kappa shape index (κ1) is 17.8. The van der Waals surface area contributed by atoms with Gasteiger partial charge >= 0.3 is 0 Å². The lowest BCUT2D eigenvalue weighted by molar-refractivity contribution is -0.112. The molecule has 0 radical (unpaired) electrons. The summed E-state index contributed by atoms with van der Waals surface area (Å²) in [6, 6.07) is 10.4. The Hall–Kier alpha value is -2.99. The highest BCUT2D eigenvalue weighted by Gasteiger charge is 2.22. The van der Waals surface area contributed by atoms with Gasteiger partial charge in [-0.1, -0.05) is 29.8 Å². The Morgan fingerprint density at radius 3 is 2.46 bits per heavy atom. The zero-order chi connectivity index (χ0) is 18.8. The molecule has 0 aliphatic carbocycles. The number of benzene rings is 2. The summed E-state index contributed by atoms with van der Waals surface area (Å²) in [5, 5.41) is 3.63. The summed E-state index contributed by atoms with van der Waals surface area (Å²) < 4.78 is 12.2. The van der Waals surface area contributed by atoms with E-state index in [-0.39, 0.29) is 0 Å². The molecule has 6 nitrogen and oxygen atoms in total. The Morgan fingerprint density at radius 2 is 1.77 bits per heavy atom. The maximum atomic E-state index is 12.7. The topological polar surface area (TPSA) is 69.6 Å². The van der Waals surface area contributed by atoms with Gasteiger partial charge < -0.3 is 19.4 Å². The van der Waals surface area contributed by atoms with Gasteiger partial charge in [0.2, 0.25) is 0 Å². The molecule has 0 unspecified atom stereocenters. The Morgan fingerprint density at radius 1 is 1.08 bits per heavy atom. The molecular weight excluding hydrogens is 356 g/mol. The summed E-state index contributed by atoms with van der Waals surface area (Å²) >= 11 is 6.06. The van der Waals surface area contributed by atoms with Crippen LogP contribution in [0.2, 0.25) is 5.02 Å². The number of ether oxygens (including phenoxy) is 2. The molecule has 7 heteroatoms. The van der Waals surface area contributed by atoms with Gasteiger partial charge in [-0.25, -0.2) is 0 Å². The molecule has 1 aromatic heterocycles. The van der Waals surface area contributed by atoms with E-state index < -0.39 is 11.7 Å². The van der Waals surface area contributed by atoms with Gasteiger partial charge in [0.15, 0.2) is 0 Å². The van der Waals surface area contributed by atoms with Crippen LogP contribution in [0.3, 0.4) is 0 Å². The van der Waals surface area contributed by atoms with Gasteiger partial charge in [0.1, 0.15) is 11.5 Å². The van der Waals surface area contributed by atoms with E-state index in [0.29, 0.717) is 27.8 Å². The van der Waals surface area contributed by atoms with E-state index in [1.54, 1.807) is 6.20 Å². The first-order chi connectivity index (χ1) is 12.5. The van der Waals surface area contributed by atoms with Crippen molar-refractivity contribution in [3.8, 4) is 11.5 Å². The summed E-state index contributed by atoms with van der Waals surface area (Å²) in [4.78, 5) is 25.2. The minimum Gasteiger partial charge on any atom is -0.495 e. The molecule has 0 fully saturated rings. The van der Waals surface area contributed by atoms with Crippen LogP contribution in [0.5, 0.6) is 11.5 Å². The van der Waals surface area contributed by atoms with Crippen molar-refractivity contribution in [2.45, 2.75) is 0 Å². The van der Waals surface area contributed by atoms with Crippen molar-refractivity contribution < 1.29 is 19.1 Å². The van der Waals surface area contributed by atoms with Crippen LogP contribution < -0.4 is 14.8 Å². The molecular formula is C19H17ClN2O4. The Kier molecular flexibility index (Phi) is 4.86. The molecule has 0 spiro atoms. The molecule has 3 rings (SSSR count). The Labute approximate surface area is 155 Å². The maximum Gasteiger partial charge on any atom is 0.296 e. The highest BCUT2D eigenvalue weighted by molar-refractivity contribution is 6.48. The van der Waals surface area contributed by atoms with Crippen molar-refractivity contribution in [1.29, 1.82) is 0 Å². The van der Waals surface area contributed by atoms with Crippen molar-refractivity contribution in [3.05, 3.63) is 53.2 Å². The quantitative estimate of drug-likeness (QED) is 0.548. The predicted octanol–water partition coefficient (Wildman–Crippen LogP) is 3.67. The average Bonchev–Trinajstić information content (AvgIpc) is 2.99. The van der Waals surface area contributed by atoms with Crippen LogP contribution in [0.4, 0.5) is 5.69 Å². The zero-order valence-electron chi connectivity index (χ0n) is 14.5. The number of hydrogen-bond acceptors (Lipinski definition) is 4. The van der Waals surface area contributed by atoms with Gasteiger partial charge in [-0.2, -0.15) is 0 Å². The van der Waals surface area contributed by atoms with Crippen molar-refractivity contribution in [1.82, 2.24) is 4.57 Å². The van der Waals surface area contributed by atoms with Crippen LogP contribution >= 0.6 is 11.6 Å². The minimum atomic E-state index is -0.774. The van der Waals surface area contributed by atoms with E-state index in [1.807, 2.05) is 35.9 Å². The number of rotatable bonds is 5. The summed E-state index contributed by atoms with van der Waals surface area (Å²) in [7, 11) is 4.73. The van der Waals surface area contributed by atoms with Gasteiger partial charge in [0.05, 0.1) is 30.5 Å². The molecule has 3 aromatic rings. The number of carbonyl (C=O) groups excluding carboxylic acids is 2. The Balaban J connectivity index is 1.94. The van der Waals surface area contributed by atoms with Crippen molar-refractivity contribution in [2.75, 3.05) is 19.5 Å². The predicted molar refractivity (Wildman–Crippen MR) is 100 cm³/mol. The second-order valence-corrected chi connectivity index (χ2v) is 6.05. The molecule has 0 saturated carbocycles. The van der Waals surface area contributed by atoms with Crippen molar-refractivity contribution in [2.24, 2.45) is 7.05 Å². The van der Waals surface area contributed by atoms with E-state index in [9.17, 15) is 9.59 Å². The second kappa shape index (κ2) is 7.09. The van der Waals surface area contributed by atoms with Crippen LogP contribution in [0.25, 0.3) is 10.9 Å². The molecule has 1 N–H and O–H groups in total. The fourth-order valence-electron chi connectivity index (χ4n) is 2.78. The average molecular weight is 373 g/mol. The highest BCUT2D eigenvalue weighted by Crippen LogP contribution is 2.36. The van der Waals surface area contributed by atoms with Gasteiger partial charge in [-0.3, -0.25) is 9.59 Å². The van der Waals surface area contributed by atoms with E-state index in [1.165, 1.54) is 26.4 Å². The van der Waals surface area contributed by atoms with E-state index in [4.69, 9.17) is 21.1 Å². The largest absolute Gasteiger partial charge is 0.495 e. The molecule has 0 aliphatic heterocycles. The second-order valence-electron chi connectivity index (χ2n) is 5.64. The normalized spacial score (nSPS) is 10.6. The van der Waals surface area contributed by atoms with Crippen molar-refractivity contribution >= 4 is 39.9 Å². The maximum absolute atomic E-state index is 12.7. The van der Waals surface area contributed by atoms with Crippen LogP contribution in [0, 0.1) is 0 Å². The number of aryl methyl sites for hydroxylation is 1. The summed E-state index contributed by atoms with van der Waals surface area (Å²) in [5.41, 5.74) is 1.50. The number of anilines is 1. The lowest BCUT2D eigenvalue weighted by atomic mass is 10.1. The number of fused-ring (bicyclic) bond motifs is 1. The highest BCUT2D eigenvalue weighted by atomic mass is 35.5. The molecule has 26 heavy (non-hydrogen) atoms. The number of nitrogens with zero attached hydrogens (tertiary/aromatic N) is 1. The first-order valence-electron chi connectivity index (χ1n) is 7.77. The summed E-state index contributed by atoms with van der Waals surface area (Å²) in [5.74, 6) is -0.725. The third kappa shape index (κ3) is 3.11. The molecule has 0 atom stereocenters. The molecule has 0 saturated heterocycles. The number of ketones is 1. The number of hydrogen-bond donors (Lipinski definition) is 1. The van der Waals surface area contributed by atoms with Crippen LogP contribution in [0.1, 0.15) is 10.4 Å². The zero-order valence-corrected chi connectivity index (χ0v) is 15.3. The molecule has 1 heterocycles. The number of Topliss-reactive ketones (excluding diaryl/α,β-unsaturated/α-hetero) is 1. The number of amides is 1. The number of halogens is 1. The summed E-state index contributed by atoms with van der Waals surface area (Å²) in [6.45, 7) is 0. The SMILES string of the molecule is COc1cc(NC(=O)C(=O)c2cn(C)c3ccccc23)c(OC)cc1Cl. The molecule has 2 aromatic carbocycles. The summed E-state index contributed by atoms with van der Waals surface area (Å²) in [6.07, 6.45) is 1.65. The van der Waals surface area contributed by atoms with Gasteiger partial charge in [-0.15, -0.1) is 0 Å². The van der Waals surface area contributed by atoms with Crippen LogP contribution in [-0.4, -0.2) is 30.5 Å². The minimum absolute atomic E-state index is 0.298. The van der Waals surface area contributed by atoms with E-state index >= 15 is 0 Å². The third-order valence-electron chi connectivity index (χ3n) is 4.07. The van der Waals surface area contributed by atoms with Gasteiger partial charge in [0, 0.05) is 36.3 Å². The monoisotopic (exact) mass is 372 g/mol. The molecule has 1 amide bonds. The standard InChI is InChI=1S/C19H17ClN2O4/c1-22-10-12(11-6-4-5-7-15(11)22)18(23)19(24)21-14-9-16(25-2)13(20)8-17(14)26-3/h4-10H,1-3H3,(H,21,24). The number of aromatic nitrogens is 1. The Bertz CT molecular complexity index is 1010. The van der Waals surface area contributed by atoms with E-state index in [0.717, 1.165) is 10.9 Å². The fourth-order valence-corrected chi connectivity index (χ4v) is 3.01.